The van der Waals surface area contributed by atoms with E-state index < -0.39 is 4.92 Å². The third kappa shape index (κ3) is 3.24. The van der Waals surface area contributed by atoms with Crippen LogP contribution in [-0.2, 0) is 6.54 Å². The van der Waals surface area contributed by atoms with Gasteiger partial charge >= 0.3 is 0 Å². The smallest absolute Gasteiger partial charge is 0.293 e. The Bertz CT molecular complexity index is 495. The zero-order chi connectivity index (χ0) is 14.7. The first-order valence-corrected chi connectivity index (χ1v) is 6.65. The van der Waals surface area contributed by atoms with E-state index in [0.717, 1.165) is 18.5 Å². The quantitative estimate of drug-likeness (QED) is 0.433. The molecular weight excluding hydrogens is 260 g/mol. The summed E-state index contributed by atoms with van der Waals surface area (Å²) in [7, 11) is 0. The average molecular weight is 280 g/mol. The van der Waals surface area contributed by atoms with Gasteiger partial charge < -0.3 is 10.5 Å². The van der Waals surface area contributed by atoms with Crippen LogP contribution in [0.2, 0.25) is 0 Å². The molecule has 1 aliphatic heterocycles. The number of nitro groups is 1. The minimum absolute atomic E-state index is 0.0316. The number of β-amino-alcohol motifs (C(OH)–C–C–N with tert-alkyl or cyclic N) is 1. The molecule has 1 saturated heterocycles. The standard InChI is InChI=1S/C13H20N4O3/c1-9-4-5-16(8-13(9)18)7-10-2-3-11(15-14)12(6-10)17(19)20/h2-3,6,9,13,15,18H,4-5,7-8,14H2,1H3. The zero-order valence-electron chi connectivity index (χ0n) is 11.5. The highest BCUT2D eigenvalue weighted by Gasteiger charge is 2.24. The molecule has 2 rings (SSSR count). The average Bonchev–Trinajstić information content (AvgIpc) is 2.43. The summed E-state index contributed by atoms with van der Waals surface area (Å²) in [6.45, 7) is 4.12. The van der Waals surface area contributed by atoms with Gasteiger partial charge in [-0.3, -0.25) is 20.9 Å². The van der Waals surface area contributed by atoms with Crippen LogP contribution in [0.5, 0.6) is 0 Å². The number of nitrogen functional groups attached to an aromatic ring is 1. The maximum Gasteiger partial charge on any atom is 0.293 e. The van der Waals surface area contributed by atoms with Crippen molar-refractivity contribution in [3.63, 3.8) is 0 Å². The molecule has 4 N–H and O–H groups in total. The molecule has 2 atom stereocenters. The molecule has 110 valence electrons. The molecule has 0 radical (unpaired) electrons. The number of piperidine rings is 1. The highest BCUT2D eigenvalue weighted by molar-refractivity contribution is 5.61. The number of hydrogen-bond acceptors (Lipinski definition) is 6. The van der Waals surface area contributed by atoms with Crippen LogP contribution in [0.1, 0.15) is 18.9 Å². The fraction of sp³-hybridized carbons (Fsp3) is 0.538. The first-order chi connectivity index (χ1) is 9.51. The van der Waals surface area contributed by atoms with Crippen molar-refractivity contribution in [3.8, 4) is 0 Å². The topological polar surface area (TPSA) is 105 Å². The van der Waals surface area contributed by atoms with Crippen LogP contribution in [0.3, 0.4) is 0 Å². The van der Waals surface area contributed by atoms with E-state index in [1.165, 1.54) is 6.07 Å². The van der Waals surface area contributed by atoms with Crippen molar-refractivity contribution in [3.05, 3.63) is 33.9 Å². The molecule has 0 aliphatic carbocycles. The second-order valence-electron chi connectivity index (χ2n) is 5.32. The number of aliphatic hydroxyl groups excluding tert-OH is 1. The number of nitro benzene ring substituents is 1. The molecule has 7 nitrogen and oxygen atoms in total. The van der Waals surface area contributed by atoms with Gasteiger partial charge in [0.15, 0.2) is 0 Å². The summed E-state index contributed by atoms with van der Waals surface area (Å²) in [6, 6.07) is 4.95. The second-order valence-corrected chi connectivity index (χ2v) is 5.32. The molecule has 2 unspecified atom stereocenters. The van der Waals surface area contributed by atoms with Crippen molar-refractivity contribution >= 4 is 11.4 Å². The summed E-state index contributed by atoms with van der Waals surface area (Å²) in [5.74, 6) is 5.57. The van der Waals surface area contributed by atoms with E-state index in [-0.39, 0.29) is 11.8 Å². The Morgan fingerprint density at radius 1 is 1.60 bits per heavy atom. The van der Waals surface area contributed by atoms with Crippen LogP contribution in [0.25, 0.3) is 0 Å². The lowest BCUT2D eigenvalue weighted by molar-refractivity contribution is -0.384. The summed E-state index contributed by atoms with van der Waals surface area (Å²) in [5, 5.41) is 20.9. The van der Waals surface area contributed by atoms with Crippen molar-refractivity contribution in [1.82, 2.24) is 4.90 Å². The summed E-state index contributed by atoms with van der Waals surface area (Å²) < 4.78 is 0. The van der Waals surface area contributed by atoms with E-state index in [1.807, 2.05) is 13.0 Å². The molecule has 0 bridgehead atoms. The number of anilines is 1. The van der Waals surface area contributed by atoms with Gasteiger partial charge in [-0.2, -0.15) is 0 Å². The number of likely N-dealkylation sites (tertiary alicyclic amines) is 1. The lowest BCUT2D eigenvalue weighted by Gasteiger charge is -2.34. The fourth-order valence-corrected chi connectivity index (χ4v) is 2.46. The van der Waals surface area contributed by atoms with E-state index in [9.17, 15) is 15.2 Å². The highest BCUT2D eigenvalue weighted by atomic mass is 16.6. The van der Waals surface area contributed by atoms with Crippen molar-refractivity contribution < 1.29 is 10.0 Å². The normalized spacial score (nSPS) is 23.6. The second kappa shape index (κ2) is 6.17. The Balaban J connectivity index is 2.10. The maximum absolute atomic E-state index is 11.0. The third-order valence-electron chi connectivity index (χ3n) is 3.82. The molecule has 0 amide bonds. The van der Waals surface area contributed by atoms with Gasteiger partial charge in [0.2, 0.25) is 0 Å². The Kier molecular flexibility index (Phi) is 4.53. The van der Waals surface area contributed by atoms with Gasteiger partial charge in [-0.15, -0.1) is 0 Å². The van der Waals surface area contributed by atoms with Crippen molar-refractivity contribution in [1.29, 1.82) is 0 Å². The lowest BCUT2D eigenvalue weighted by Crippen LogP contribution is -2.42. The van der Waals surface area contributed by atoms with E-state index in [0.29, 0.717) is 24.7 Å². The van der Waals surface area contributed by atoms with Crippen molar-refractivity contribution in [2.75, 3.05) is 18.5 Å². The Labute approximate surface area is 117 Å². The van der Waals surface area contributed by atoms with E-state index >= 15 is 0 Å². The molecule has 1 aliphatic rings. The number of nitrogens with one attached hydrogen (secondary N) is 1. The van der Waals surface area contributed by atoms with Crippen LogP contribution in [0.15, 0.2) is 18.2 Å². The summed E-state index contributed by atoms with van der Waals surface area (Å²) in [6.07, 6.45) is 0.606. The van der Waals surface area contributed by atoms with Gasteiger partial charge in [0.05, 0.1) is 11.0 Å². The molecule has 1 aromatic carbocycles. The van der Waals surface area contributed by atoms with Crippen LogP contribution < -0.4 is 11.3 Å². The Morgan fingerprint density at radius 2 is 2.35 bits per heavy atom. The van der Waals surface area contributed by atoms with Crippen LogP contribution >= 0.6 is 0 Å². The number of nitrogens with zero attached hydrogens (tertiary/aromatic N) is 2. The van der Waals surface area contributed by atoms with Gasteiger partial charge in [-0.25, -0.2) is 0 Å². The van der Waals surface area contributed by atoms with E-state index in [1.54, 1.807) is 6.07 Å². The maximum atomic E-state index is 11.0. The number of hydrogen-bond donors (Lipinski definition) is 3. The highest BCUT2D eigenvalue weighted by Crippen LogP contribution is 2.26. The van der Waals surface area contributed by atoms with Gasteiger partial charge in [0.1, 0.15) is 5.69 Å². The molecular formula is C13H20N4O3. The predicted octanol–water partition coefficient (Wildman–Crippen LogP) is 1.08. The number of nitrogens with two attached hydrogens (primary N) is 1. The summed E-state index contributed by atoms with van der Waals surface area (Å²) >= 11 is 0. The number of hydrazine groups is 1. The largest absolute Gasteiger partial charge is 0.392 e. The fourth-order valence-electron chi connectivity index (χ4n) is 2.46. The molecule has 1 fully saturated rings. The third-order valence-corrected chi connectivity index (χ3v) is 3.82. The van der Waals surface area contributed by atoms with Crippen LogP contribution in [0, 0.1) is 16.0 Å². The molecule has 20 heavy (non-hydrogen) atoms. The van der Waals surface area contributed by atoms with Crippen LogP contribution in [-0.4, -0.2) is 34.1 Å². The van der Waals surface area contributed by atoms with Crippen LogP contribution in [0.4, 0.5) is 11.4 Å². The predicted molar refractivity (Wildman–Crippen MR) is 76.0 cm³/mol. The van der Waals surface area contributed by atoms with E-state index in [4.69, 9.17) is 5.84 Å². The zero-order valence-corrected chi connectivity index (χ0v) is 11.5. The van der Waals surface area contributed by atoms with Crippen molar-refractivity contribution in [2.45, 2.75) is 26.0 Å². The minimum atomic E-state index is -0.453. The molecule has 1 aromatic rings. The Hall–Kier alpha value is -1.70. The number of aliphatic hydroxyl groups is 1. The lowest BCUT2D eigenvalue weighted by atomic mass is 9.96. The molecule has 0 saturated carbocycles. The minimum Gasteiger partial charge on any atom is -0.392 e. The summed E-state index contributed by atoms with van der Waals surface area (Å²) in [4.78, 5) is 12.6. The first-order valence-electron chi connectivity index (χ1n) is 6.65. The SMILES string of the molecule is CC1CCN(Cc2ccc(NN)c([N+](=O)[O-])c2)CC1O. The van der Waals surface area contributed by atoms with Crippen molar-refractivity contribution in [2.24, 2.45) is 11.8 Å². The molecule has 0 aromatic heterocycles. The first kappa shape index (κ1) is 14.7. The molecule has 7 heteroatoms. The van der Waals surface area contributed by atoms with Gasteiger partial charge in [-0.05, 0) is 30.5 Å². The number of rotatable bonds is 4. The van der Waals surface area contributed by atoms with Gasteiger partial charge in [0, 0.05) is 19.2 Å². The molecule has 1 heterocycles. The Morgan fingerprint density at radius 3 is 2.95 bits per heavy atom. The number of benzene rings is 1. The van der Waals surface area contributed by atoms with E-state index in [2.05, 4.69) is 10.3 Å². The monoisotopic (exact) mass is 280 g/mol. The van der Waals surface area contributed by atoms with Gasteiger partial charge in [-0.1, -0.05) is 13.0 Å². The van der Waals surface area contributed by atoms with Gasteiger partial charge in [0.25, 0.3) is 5.69 Å². The molecule has 0 spiro atoms. The summed E-state index contributed by atoms with van der Waals surface area (Å²) in [5.41, 5.74) is 3.44.